The number of hydrogen-bond donors (Lipinski definition) is 0. The molecule has 0 saturated carbocycles. The first-order valence-corrected chi connectivity index (χ1v) is 24.5. The van der Waals surface area contributed by atoms with Crippen molar-refractivity contribution in [2.45, 2.75) is 0 Å². The first kappa shape index (κ1) is 43.2. The van der Waals surface area contributed by atoms with Gasteiger partial charge in [-0.3, -0.25) is 19.9 Å². The van der Waals surface area contributed by atoms with Crippen LogP contribution < -0.4 is 0 Å². The van der Waals surface area contributed by atoms with E-state index in [9.17, 15) is 0 Å². The van der Waals surface area contributed by atoms with Crippen molar-refractivity contribution in [2.24, 2.45) is 0 Å². The molecule has 13 rings (SSSR count). The van der Waals surface area contributed by atoms with Crippen molar-refractivity contribution in [2.75, 3.05) is 0 Å². The van der Waals surface area contributed by atoms with Gasteiger partial charge >= 0.3 is 0 Å². The van der Waals surface area contributed by atoms with Crippen molar-refractivity contribution in [3.63, 3.8) is 0 Å². The minimum Gasteiger partial charge on any atom is -0.454 e. The Bertz CT molecular complexity index is 3970. The molecule has 342 valence electrons. The van der Waals surface area contributed by atoms with Crippen LogP contribution in [0.4, 0.5) is 0 Å². The fourth-order valence-electron chi connectivity index (χ4n) is 10.3. The van der Waals surface area contributed by atoms with Gasteiger partial charge in [0.2, 0.25) is 0 Å². The number of aromatic nitrogens is 4. The van der Waals surface area contributed by atoms with E-state index in [2.05, 4.69) is 198 Å². The van der Waals surface area contributed by atoms with Gasteiger partial charge in [-0.1, -0.05) is 164 Å². The monoisotopic (exact) mass is 932 g/mol. The van der Waals surface area contributed by atoms with E-state index in [4.69, 9.17) is 14.4 Å². The Morgan fingerprint density at radius 1 is 0.233 bits per heavy atom. The van der Waals surface area contributed by atoms with Crippen LogP contribution in [-0.2, 0) is 0 Å². The highest BCUT2D eigenvalue weighted by Gasteiger charge is 2.21. The van der Waals surface area contributed by atoms with Gasteiger partial charge in [0.05, 0.1) is 17.1 Å². The second-order valence-corrected chi connectivity index (χ2v) is 18.1. The molecule has 0 unspecified atom stereocenters. The molecule has 0 aliphatic carbocycles. The summed E-state index contributed by atoms with van der Waals surface area (Å²) < 4.78 is 6.69. The molecule has 8 aromatic carbocycles. The summed E-state index contributed by atoms with van der Waals surface area (Å²) in [6.07, 6.45) is 7.42. The lowest BCUT2D eigenvalue weighted by Gasteiger charge is -2.19. The third kappa shape index (κ3) is 8.25. The molecule has 5 heteroatoms. The van der Waals surface area contributed by atoms with E-state index in [1.165, 1.54) is 0 Å². The average Bonchev–Trinajstić information content (AvgIpc) is 3.87. The third-order valence-corrected chi connectivity index (χ3v) is 13.8. The number of benzene rings is 8. The molecule has 0 aliphatic rings. The summed E-state index contributed by atoms with van der Waals surface area (Å²) in [6.45, 7) is 0. The quantitative estimate of drug-likeness (QED) is 0.137. The van der Waals surface area contributed by atoms with Crippen LogP contribution in [0.15, 0.2) is 272 Å². The van der Waals surface area contributed by atoms with Crippen molar-refractivity contribution in [3.05, 3.63) is 267 Å². The van der Waals surface area contributed by atoms with Gasteiger partial charge in [-0.25, -0.2) is 0 Å². The summed E-state index contributed by atoms with van der Waals surface area (Å²) in [5.41, 5.74) is 23.7. The molecule has 0 radical (unpaired) electrons. The second-order valence-electron chi connectivity index (χ2n) is 18.1. The predicted octanol–water partition coefficient (Wildman–Crippen LogP) is 17.8. The highest BCUT2D eigenvalue weighted by atomic mass is 16.3. The lowest BCUT2D eigenvalue weighted by molar-refractivity contribution is 0.669. The van der Waals surface area contributed by atoms with Gasteiger partial charge in [-0.2, -0.15) is 0 Å². The van der Waals surface area contributed by atoms with Crippen LogP contribution in [0.5, 0.6) is 0 Å². The maximum atomic E-state index is 6.69. The van der Waals surface area contributed by atoms with Crippen LogP contribution in [0, 0.1) is 0 Å². The zero-order valence-corrected chi connectivity index (χ0v) is 39.6. The van der Waals surface area contributed by atoms with Crippen LogP contribution in [0.1, 0.15) is 0 Å². The fourth-order valence-corrected chi connectivity index (χ4v) is 10.3. The number of rotatable bonds is 10. The van der Waals surface area contributed by atoms with Crippen LogP contribution in [0.3, 0.4) is 0 Å². The average molecular weight is 933 g/mol. The first-order valence-electron chi connectivity index (χ1n) is 24.5. The number of furan rings is 1. The molecule has 5 heterocycles. The summed E-state index contributed by atoms with van der Waals surface area (Å²) in [5.74, 6) is 0. The minimum absolute atomic E-state index is 0.749. The van der Waals surface area contributed by atoms with E-state index >= 15 is 0 Å². The van der Waals surface area contributed by atoms with E-state index < -0.39 is 0 Å². The Morgan fingerprint density at radius 3 is 1.14 bits per heavy atom. The lowest BCUT2D eigenvalue weighted by Crippen LogP contribution is -1.94. The molecule has 0 aliphatic heterocycles. The Labute approximate surface area is 423 Å². The second kappa shape index (κ2) is 18.8. The number of para-hydroxylation sites is 1. The molecule has 0 spiro atoms. The summed E-state index contributed by atoms with van der Waals surface area (Å²) >= 11 is 0. The lowest BCUT2D eigenvalue weighted by atomic mass is 9.84. The predicted molar refractivity (Wildman–Crippen MR) is 299 cm³/mol. The van der Waals surface area contributed by atoms with E-state index in [0.717, 1.165) is 134 Å². The molecule has 0 fully saturated rings. The molecule has 5 nitrogen and oxygen atoms in total. The summed E-state index contributed by atoms with van der Waals surface area (Å²) in [7, 11) is 0. The van der Waals surface area contributed by atoms with Gasteiger partial charge < -0.3 is 4.42 Å². The summed E-state index contributed by atoms with van der Waals surface area (Å²) in [5, 5.41) is 0.986. The maximum absolute atomic E-state index is 6.69. The Kier molecular flexibility index (Phi) is 11.1. The van der Waals surface area contributed by atoms with E-state index in [-0.39, 0.29) is 0 Å². The van der Waals surface area contributed by atoms with Crippen molar-refractivity contribution < 1.29 is 4.42 Å². The molecular formula is C68H44N4O. The van der Waals surface area contributed by atoms with Crippen molar-refractivity contribution in [3.8, 4) is 112 Å². The Hall–Kier alpha value is -9.84. The molecule has 0 N–H and O–H groups in total. The molecule has 0 atom stereocenters. The number of nitrogens with zero attached hydrogens (tertiary/aromatic N) is 4. The van der Waals surface area contributed by atoms with Crippen LogP contribution in [0.25, 0.3) is 134 Å². The highest BCUT2D eigenvalue weighted by Crippen LogP contribution is 2.46. The van der Waals surface area contributed by atoms with Gasteiger partial charge in [0.15, 0.2) is 5.58 Å². The molecule has 73 heavy (non-hydrogen) atoms. The normalized spacial score (nSPS) is 11.3. The van der Waals surface area contributed by atoms with Crippen molar-refractivity contribution >= 4 is 22.1 Å². The zero-order valence-electron chi connectivity index (χ0n) is 39.6. The van der Waals surface area contributed by atoms with E-state index in [0.29, 0.717) is 0 Å². The van der Waals surface area contributed by atoms with Crippen LogP contribution in [0.2, 0.25) is 0 Å². The van der Waals surface area contributed by atoms with Gasteiger partial charge in [-0.05, 0) is 151 Å². The van der Waals surface area contributed by atoms with Gasteiger partial charge in [0.25, 0.3) is 0 Å². The van der Waals surface area contributed by atoms with Crippen LogP contribution in [-0.4, -0.2) is 19.9 Å². The number of fused-ring (bicyclic) bond motifs is 3. The third-order valence-electron chi connectivity index (χ3n) is 13.8. The summed E-state index contributed by atoms with van der Waals surface area (Å²) in [6, 6.07) is 85.8. The maximum Gasteiger partial charge on any atom is 0.161 e. The van der Waals surface area contributed by atoms with E-state index in [1.807, 2.05) is 79.4 Å². The minimum atomic E-state index is 0.749. The molecule has 13 aromatic rings. The molecule has 0 saturated heterocycles. The molecule has 0 bridgehead atoms. The standard InChI is InChI=1S/C68H44N4O/c1-3-17-55(53(15-1)45-26-30-47(31-27-45)63-22-9-12-37-69-63)50-41-51(56-18-4-2-16-54(56)46-28-32-48(33-29-46)64-23-10-13-38-70-64)43-52(42-50)57-19-5-6-20-58(57)59-35-34-49(65-24-11-14-39-71-65)44-62(59)60-36-40-72-67-61-21-7-8-25-66(61)73-68(60)67/h1-44H. The van der Waals surface area contributed by atoms with Crippen molar-refractivity contribution in [1.29, 1.82) is 0 Å². The Balaban J connectivity index is 1.01. The SMILES string of the molecule is c1ccc(-c2ccc(-c3ccccc3-c3cc(-c4ccccc4-c4ccc(-c5ccccn5)cc4)cc(-c4ccccc4-c4ccc(-c5ccccn5)cc4-c4ccnc5c4oc4ccccc45)c3)cc2)nc1. The molecular weight excluding hydrogens is 889 g/mol. The topological polar surface area (TPSA) is 64.7 Å². The number of hydrogen-bond acceptors (Lipinski definition) is 5. The molecule has 5 aromatic heterocycles. The fraction of sp³-hybridized carbons (Fsp3) is 0. The summed E-state index contributed by atoms with van der Waals surface area (Å²) in [4.78, 5) is 18.9. The Morgan fingerprint density at radius 2 is 0.630 bits per heavy atom. The highest BCUT2D eigenvalue weighted by molar-refractivity contribution is 6.09. The van der Waals surface area contributed by atoms with Gasteiger partial charge in [0.1, 0.15) is 11.1 Å². The largest absolute Gasteiger partial charge is 0.454 e. The molecule has 0 amide bonds. The first-order chi connectivity index (χ1) is 36.2. The van der Waals surface area contributed by atoms with E-state index in [1.54, 1.807) is 0 Å². The van der Waals surface area contributed by atoms with Gasteiger partial charge in [-0.15, -0.1) is 0 Å². The van der Waals surface area contributed by atoms with Crippen LogP contribution >= 0.6 is 0 Å². The number of pyridine rings is 4. The van der Waals surface area contributed by atoms with Crippen molar-refractivity contribution in [1.82, 2.24) is 19.9 Å². The zero-order chi connectivity index (χ0) is 48.5. The van der Waals surface area contributed by atoms with Gasteiger partial charge in [0, 0.05) is 52.4 Å². The smallest absolute Gasteiger partial charge is 0.161 e.